The van der Waals surface area contributed by atoms with Gasteiger partial charge >= 0.3 is 0 Å². The average Bonchev–Trinajstić information content (AvgIpc) is 3.83. The predicted molar refractivity (Wildman–Crippen MR) is 287 cm³/mol. The largest absolute Gasteiger partial charge is 0.505 e. The maximum absolute atomic E-state index is 12.5. The van der Waals surface area contributed by atoms with Crippen LogP contribution >= 0.6 is 0 Å². The van der Waals surface area contributed by atoms with Crippen LogP contribution in [0.25, 0.3) is 77.2 Å². The molecule has 0 aliphatic carbocycles. The van der Waals surface area contributed by atoms with Crippen molar-refractivity contribution in [2.45, 2.75) is 98.7 Å². The highest BCUT2D eigenvalue weighted by Gasteiger charge is 2.26. The second-order valence-corrected chi connectivity index (χ2v) is 21.1. The van der Waals surface area contributed by atoms with E-state index in [2.05, 4.69) is 212 Å². The highest BCUT2D eigenvalue weighted by Crippen LogP contribution is 2.47. The van der Waals surface area contributed by atoms with Crippen LogP contribution < -0.4 is 9.47 Å². The van der Waals surface area contributed by atoms with Gasteiger partial charge in [0.05, 0.1) is 45.6 Å². The number of para-hydroxylation sites is 4. The Morgan fingerprint density at radius 2 is 0.739 bits per heavy atom. The van der Waals surface area contributed by atoms with Crippen LogP contribution in [0.15, 0.2) is 158 Å². The van der Waals surface area contributed by atoms with Crippen LogP contribution in [0.2, 0.25) is 0 Å². The number of aromatic nitrogens is 2. The fourth-order valence-corrected chi connectivity index (χ4v) is 10.3. The fourth-order valence-electron chi connectivity index (χ4n) is 10.3. The summed E-state index contributed by atoms with van der Waals surface area (Å²) in [6.07, 6.45) is 0.0313. The Labute approximate surface area is 406 Å². The van der Waals surface area contributed by atoms with Gasteiger partial charge in [-0.1, -0.05) is 126 Å². The van der Waals surface area contributed by atoms with E-state index in [1.807, 2.05) is 24.3 Å². The quantitative estimate of drug-likeness (QED) is 0.143. The molecular formula is C63H62N2O4. The first kappa shape index (κ1) is 45.3. The summed E-state index contributed by atoms with van der Waals surface area (Å²) in [6, 6.07) is 54.5. The van der Waals surface area contributed by atoms with E-state index in [0.717, 1.165) is 88.4 Å². The Balaban J connectivity index is 1.00. The lowest BCUT2D eigenvalue weighted by Crippen LogP contribution is -2.23. The van der Waals surface area contributed by atoms with Crippen LogP contribution in [0, 0.1) is 13.8 Å². The van der Waals surface area contributed by atoms with Crippen molar-refractivity contribution in [1.29, 1.82) is 0 Å². The molecule has 2 heterocycles. The van der Waals surface area contributed by atoms with Gasteiger partial charge in [-0.2, -0.15) is 0 Å². The molecule has 0 amide bonds. The van der Waals surface area contributed by atoms with Gasteiger partial charge in [0.15, 0.2) is 0 Å². The minimum atomic E-state index is -0.269. The normalized spacial score (nSPS) is 13.1. The number of phenolic OH excluding ortho intramolecular Hbond substituents is 2. The van der Waals surface area contributed by atoms with Gasteiger partial charge in [0.25, 0.3) is 0 Å². The van der Waals surface area contributed by atoms with E-state index in [-0.39, 0.29) is 34.5 Å². The van der Waals surface area contributed by atoms with Crippen LogP contribution in [-0.2, 0) is 10.8 Å². The van der Waals surface area contributed by atoms with Crippen molar-refractivity contribution in [1.82, 2.24) is 9.13 Å². The highest BCUT2D eigenvalue weighted by atomic mass is 16.5. The van der Waals surface area contributed by atoms with Crippen molar-refractivity contribution in [3.8, 4) is 56.6 Å². The van der Waals surface area contributed by atoms with Crippen LogP contribution in [0.5, 0.6) is 23.0 Å². The summed E-state index contributed by atoms with van der Waals surface area (Å²) in [7, 11) is 0. The molecule has 0 aliphatic rings. The van der Waals surface area contributed by atoms with E-state index >= 15 is 0 Å². The molecule has 2 atom stereocenters. The van der Waals surface area contributed by atoms with Crippen molar-refractivity contribution in [3.05, 3.63) is 180 Å². The zero-order valence-corrected chi connectivity index (χ0v) is 41.5. The lowest BCUT2D eigenvalue weighted by atomic mass is 9.85. The van der Waals surface area contributed by atoms with E-state index < -0.39 is 0 Å². The molecule has 2 unspecified atom stereocenters. The number of hydrogen-bond donors (Lipinski definition) is 2. The molecule has 69 heavy (non-hydrogen) atoms. The second kappa shape index (κ2) is 17.3. The lowest BCUT2D eigenvalue weighted by molar-refractivity contribution is 0.131. The Bertz CT molecular complexity index is 3250. The molecule has 0 saturated carbocycles. The summed E-state index contributed by atoms with van der Waals surface area (Å²) < 4.78 is 18.2. The number of rotatable bonds is 10. The zero-order valence-electron chi connectivity index (χ0n) is 41.5. The Morgan fingerprint density at radius 1 is 0.420 bits per heavy atom. The minimum Gasteiger partial charge on any atom is -0.505 e. The van der Waals surface area contributed by atoms with E-state index in [4.69, 9.17) is 9.47 Å². The molecule has 348 valence electrons. The van der Waals surface area contributed by atoms with Gasteiger partial charge in [-0.05, 0) is 134 Å². The second-order valence-electron chi connectivity index (χ2n) is 21.1. The molecule has 8 aromatic carbocycles. The predicted octanol–water partition coefficient (Wildman–Crippen LogP) is 16.5. The minimum absolute atomic E-state index is 0.146. The molecule has 0 aliphatic heterocycles. The van der Waals surface area contributed by atoms with E-state index in [0.29, 0.717) is 29.0 Å². The summed E-state index contributed by atoms with van der Waals surface area (Å²) in [5.74, 6) is 1.77. The van der Waals surface area contributed by atoms with E-state index in [1.165, 1.54) is 0 Å². The molecule has 6 heteroatoms. The van der Waals surface area contributed by atoms with Crippen LogP contribution in [0.3, 0.4) is 0 Å². The van der Waals surface area contributed by atoms with Gasteiger partial charge in [-0.25, -0.2) is 0 Å². The number of aromatic hydroxyl groups is 2. The molecule has 2 aromatic heterocycles. The zero-order chi connectivity index (χ0) is 48.5. The number of aryl methyl sites for hydroxylation is 2. The molecule has 0 spiro atoms. The first-order valence-corrected chi connectivity index (χ1v) is 24.2. The van der Waals surface area contributed by atoms with Crippen LogP contribution in [0.1, 0.15) is 84.1 Å². The summed E-state index contributed by atoms with van der Waals surface area (Å²) >= 11 is 0. The number of phenols is 2. The molecule has 0 saturated heterocycles. The summed E-state index contributed by atoms with van der Waals surface area (Å²) in [5, 5.41) is 29.5. The maximum Gasteiger partial charge on any atom is 0.147 e. The standard InChI is InChI=1S/C63H62N2O4/c1-38-31-50(60(66)56(33-38)64-52-23-15-11-19-44(52)45-20-12-16-24-53(45)64)48-36-42(62(5,6)7)27-29-58(48)68-40(3)35-41(4)69-59-30-28-43(63(8,9)10)37-49(59)51-32-39(2)34-57(61(51)67)65-54-25-17-13-21-46(54)47-22-14-18-26-55(47)65/h11-34,36-37,40-41,66-67H,35H2,1-10H3. The number of hydrogen-bond acceptors (Lipinski definition) is 4. The number of fused-ring (bicyclic) bond motifs is 6. The Morgan fingerprint density at radius 3 is 1.06 bits per heavy atom. The first-order chi connectivity index (χ1) is 33.0. The number of benzene rings is 8. The molecule has 0 fully saturated rings. The molecule has 0 radical (unpaired) electrons. The van der Waals surface area contributed by atoms with Gasteiger partial charge in [0.1, 0.15) is 23.0 Å². The van der Waals surface area contributed by atoms with Gasteiger partial charge in [-0.15, -0.1) is 0 Å². The number of ether oxygens (including phenoxy) is 2. The Kier molecular flexibility index (Phi) is 11.3. The molecule has 0 bridgehead atoms. The summed E-state index contributed by atoms with van der Waals surface area (Å²) in [6.45, 7) is 21.6. The highest BCUT2D eigenvalue weighted by molar-refractivity contribution is 6.10. The van der Waals surface area contributed by atoms with E-state index in [1.54, 1.807) is 0 Å². The van der Waals surface area contributed by atoms with Gasteiger partial charge in [-0.3, -0.25) is 0 Å². The molecule has 2 N–H and O–H groups in total. The van der Waals surface area contributed by atoms with Gasteiger partial charge < -0.3 is 28.8 Å². The summed E-state index contributed by atoms with van der Waals surface area (Å²) in [4.78, 5) is 0. The van der Waals surface area contributed by atoms with Gasteiger partial charge in [0.2, 0.25) is 0 Å². The van der Waals surface area contributed by atoms with Crippen molar-refractivity contribution in [2.75, 3.05) is 0 Å². The third-order valence-corrected chi connectivity index (χ3v) is 13.7. The third kappa shape index (κ3) is 8.26. The molecular weight excluding hydrogens is 849 g/mol. The Hall–Kier alpha value is -7.44. The van der Waals surface area contributed by atoms with Crippen LogP contribution in [0.4, 0.5) is 0 Å². The maximum atomic E-state index is 12.5. The molecule has 10 aromatic rings. The van der Waals surface area contributed by atoms with Crippen molar-refractivity contribution in [3.63, 3.8) is 0 Å². The number of nitrogens with zero attached hydrogens (tertiary/aromatic N) is 2. The van der Waals surface area contributed by atoms with Crippen molar-refractivity contribution >= 4 is 43.6 Å². The van der Waals surface area contributed by atoms with E-state index in [9.17, 15) is 10.2 Å². The van der Waals surface area contributed by atoms with Crippen LogP contribution in [-0.4, -0.2) is 31.6 Å². The van der Waals surface area contributed by atoms with Gasteiger partial charge in [0, 0.05) is 50.2 Å². The average molecular weight is 911 g/mol. The topological polar surface area (TPSA) is 68.8 Å². The van der Waals surface area contributed by atoms with Crippen molar-refractivity contribution < 1.29 is 19.7 Å². The monoisotopic (exact) mass is 910 g/mol. The van der Waals surface area contributed by atoms with Crippen molar-refractivity contribution in [2.24, 2.45) is 0 Å². The fraction of sp³-hybridized carbons (Fsp3) is 0.238. The third-order valence-electron chi connectivity index (χ3n) is 13.7. The smallest absolute Gasteiger partial charge is 0.147 e. The molecule has 6 nitrogen and oxygen atoms in total. The molecule has 10 rings (SSSR count). The first-order valence-electron chi connectivity index (χ1n) is 24.2. The lowest BCUT2D eigenvalue weighted by Gasteiger charge is -2.26. The summed E-state index contributed by atoms with van der Waals surface area (Å²) in [5.41, 5.74) is 12.7. The SMILES string of the molecule is Cc1cc(-c2cc(C(C)(C)C)ccc2OC(C)CC(C)Oc2ccc(C(C)(C)C)cc2-c2cc(C)cc(-n3c4ccccc4c4ccccc43)c2O)c(O)c(-n2c3ccccc3c3ccccc32)c1.